The Balaban J connectivity index is 1.73. The second kappa shape index (κ2) is 9.42. The molecule has 1 aromatic carbocycles. The standard InChI is InChI=1S/C23H24N4O4/c1-13-6-14(2)19(12-31-23(29)21-10-25-16(4)8-27-21)17(5)18(13)11-30-22(28)20-9-24-15(3)7-26-20/h6-10H,11-12H2,1-5H3. The van der Waals surface area contributed by atoms with Crippen LogP contribution in [0.4, 0.5) is 0 Å². The normalized spacial score (nSPS) is 10.6. The second-order valence-corrected chi connectivity index (χ2v) is 7.33. The first kappa shape index (κ1) is 22.0. The summed E-state index contributed by atoms with van der Waals surface area (Å²) in [6.45, 7) is 9.57. The van der Waals surface area contributed by atoms with Gasteiger partial charge in [0.25, 0.3) is 0 Å². The van der Waals surface area contributed by atoms with Crippen LogP contribution in [-0.2, 0) is 22.7 Å². The van der Waals surface area contributed by atoms with Crippen molar-refractivity contribution in [2.75, 3.05) is 0 Å². The molecule has 0 N–H and O–H groups in total. The average molecular weight is 420 g/mol. The Morgan fingerprint density at radius 3 is 1.45 bits per heavy atom. The summed E-state index contributed by atoms with van der Waals surface area (Å²) in [5, 5.41) is 0. The van der Waals surface area contributed by atoms with Crippen LogP contribution in [0.25, 0.3) is 0 Å². The first-order valence-corrected chi connectivity index (χ1v) is 9.76. The van der Waals surface area contributed by atoms with Gasteiger partial charge < -0.3 is 9.47 Å². The molecule has 0 spiro atoms. The second-order valence-electron chi connectivity index (χ2n) is 7.33. The van der Waals surface area contributed by atoms with Crippen molar-refractivity contribution in [1.82, 2.24) is 19.9 Å². The number of carbonyl (C=O) groups excluding carboxylic acids is 2. The van der Waals surface area contributed by atoms with E-state index in [2.05, 4.69) is 19.9 Å². The Labute approximate surface area is 180 Å². The van der Waals surface area contributed by atoms with Crippen molar-refractivity contribution in [1.29, 1.82) is 0 Å². The molecule has 2 heterocycles. The third-order valence-electron chi connectivity index (χ3n) is 4.97. The molecular formula is C23H24N4O4. The van der Waals surface area contributed by atoms with Crippen LogP contribution >= 0.6 is 0 Å². The third kappa shape index (κ3) is 5.28. The molecule has 0 aliphatic carbocycles. The average Bonchev–Trinajstić information content (AvgIpc) is 2.74. The molecular weight excluding hydrogens is 396 g/mol. The maximum atomic E-state index is 12.3. The molecule has 0 atom stereocenters. The summed E-state index contributed by atoms with van der Waals surface area (Å²) in [5.41, 5.74) is 6.34. The lowest BCUT2D eigenvalue weighted by molar-refractivity contribution is 0.0463. The van der Waals surface area contributed by atoms with E-state index in [1.54, 1.807) is 13.8 Å². The quantitative estimate of drug-likeness (QED) is 0.558. The first-order valence-electron chi connectivity index (χ1n) is 9.76. The molecule has 3 aromatic rings. The predicted molar refractivity (Wildman–Crippen MR) is 112 cm³/mol. The summed E-state index contributed by atoms with van der Waals surface area (Å²) in [4.78, 5) is 40.8. The number of rotatable bonds is 6. The maximum Gasteiger partial charge on any atom is 0.358 e. The molecule has 0 radical (unpaired) electrons. The Hall–Kier alpha value is -3.68. The summed E-state index contributed by atoms with van der Waals surface area (Å²) in [6, 6.07) is 1.98. The van der Waals surface area contributed by atoms with E-state index in [9.17, 15) is 9.59 Å². The number of ether oxygens (including phenoxy) is 2. The van der Waals surface area contributed by atoms with Crippen LogP contribution in [0.5, 0.6) is 0 Å². The summed E-state index contributed by atoms with van der Waals surface area (Å²) < 4.78 is 10.9. The summed E-state index contributed by atoms with van der Waals surface area (Å²) in [6.07, 6.45) is 5.82. The third-order valence-corrected chi connectivity index (χ3v) is 4.97. The summed E-state index contributed by atoms with van der Waals surface area (Å²) >= 11 is 0. The van der Waals surface area contributed by atoms with Crippen LogP contribution in [0.15, 0.2) is 30.9 Å². The minimum Gasteiger partial charge on any atom is -0.456 e. The zero-order valence-corrected chi connectivity index (χ0v) is 18.2. The smallest absolute Gasteiger partial charge is 0.358 e. The number of hydrogen-bond acceptors (Lipinski definition) is 8. The van der Waals surface area contributed by atoms with Crippen LogP contribution in [0, 0.1) is 34.6 Å². The highest BCUT2D eigenvalue weighted by Gasteiger charge is 2.17. The van der Waals surface area contributed by atoms with Crippen molar-refractivity contribution >= 4 is 11.9 Å². The highest BCUT2D eigenvalue weighted by Crippen LogP contribution is 2.24. The van der Waals surface area contributed by atoms with Crippen molar-refractivity contribution in [2.45, 2.75) is 47.8 Å². The van der Waals surface area contributed by atoms with Crippen molar-refractivity contribution < 1.29 is 19.1 Å². The van der Waals surface area contributed by atoms with E-state index in [4.69, 9.17) is 9.47 Å². The topological polar surface area (TPSA) is 104 Å². The Bertz CT molecular complexity index is 1020. The molecule has 8 nitrogen and oxygen atoms in total. The monoisotopic (exact) mass is 420 g/mol. The molecule has 3 rings (SSSR count). The predicted octanol–water partition coefficient (Wildman–Crippen LogP) is 3.52. The number of benzene rings is 1. The van der Waals surface area contributed by atoms with Crippen LogP contribution in [-0.4, -0.2) is 31.9 Å². The number of esters is 2. The van der Waals surface area contributed by atoms with Gasteiger partial charge in [0, 0.05) is 12.4 Å². The maximum absolute atomic E-state index is 12.3. The lowest BCUT2D eigenvalue weighted by Crippen LogP contribution is -2.13. The molecule has 0 aliphatic heterocycles. The van der Waals surface area contributed by atoms with E-state index in [0.717, 1.165) is 39.2 Å². The summed E-state index contributed by atoms with van der Waals surface area (Å²) in [5.74, 6) is -1.09. The molecule has 0 aliphatic rings. The van der Waals surface area contributed by atoms with Gasteiger partial charge in [0.15, 0.2) is 11.4 Å². The van der Waals surface area contributed by atoms with Gasteiger partial charge >= 0.3 is 11.9 Å². The molecule has 0 unspecified atom stereocenters. The SMILES string of the molecule is Cc1cnc(C(=O)OCc2c(C)cc(C)c(COC(=O)c3cnc(C)cn3)c2C)cn1. The zero-order chi connectivity index (χ0) is 22.5. The van der Waals surface area contributed by atoms with Gasteiger partial charge in [-0.1, -0.05) is 6.07 Å². The van der Waals surface area contributed by atoms with Crippen molar-refractivity contribution in [3.63, 3.8) is 0 Å². The molecule has 0 saturated carbocycles. The van der Waals surface area contributed by atoms with Gasteiger partial charge in [-0.05, 0) is 62.4 Å². The largest absolute Gasteiger partial charge is 0.456 e. The van der Waals surface area contributed by atoms with E-state index in [1.807, 2.05) is 26.8 Å². The zero-order valence-electron chi connectivity index (χ0n) is 18.2. The van der Waals surface area contributed by atoms with Gasteiger partial charge in [-0.15, -0.1) is 0 Å². The lowest BCUT2D eigenvalue weighted by atomic mass is 9.94. The van der Waals surface area contributed by atoms with Gasteiger partial charge in [0.1, 0.15) is 13.2 Å². The van der Waals surface area contributed by atoms with Gasteiger partial charge in [0.05, 0.1) is 23.8 Å². The number of aryl methyl sites for hydroxylation is 4. The minimum absolute atomic E-state index is 0.0801. The lowest BCUT2D eigenvalue weighted by Gasteiger charge is -2.17. The molecule has 0 bridgehead atoms. The van der Waals surface area contributed by atoms with Crippen molar-refractivity contribution in [2.24, 2.45) is 0 Å². The van der Waals surface area contributed by atoms with Gasteiger partial charge in [-0.25, -0.2) is 19.6 Å². The molecule has 0 saturated heterocycles. The van der Waals surface area contributed by atoms with Crippen LogP contribution in [0.1, 0.15) is 60.2 Å². The Kier molecular flexibility index (Phi) is 6.69. The fourth-order valence-electron chi connectivity index (χ4n) is 3.14. The van der Waals surface area contributed by atoms with E-state index >= 15 is 0 Å². The van der Waals surface area contributed by atoms with E-state index < -0.39 is 11.9 Å². The van der Waals surface area contributed by atoms with Crippen molar-refractivity contribution in [3.8, 4) is 0 Å². The van der Waals surface area contributed by atoms with Gasteiger partial charge in [0.2, 0.25) is 0 Å². The van der Waals surface area contributed by atoms with E-state index in [0.29, 0.717) is 0 Å². The highest BCUT2D eigenvalue weighted by molar-refractivity contribution is 5.87. The van der Waals surface area contributed by atoms with E-state index in [-0.39, 0.29) is 24.6 Å². The van der Waals surface area contributed by atoms with E-state index in [1.165, 1.54) is 24.8 Å². The van der Waals surface area contributed by atoms with Crippen LogP contribution in [0.2, 0.25) is 0 Å². The highest BCUT2D eigenvalue weighted by atomic mass is 16.5. The van der Waals surface area contributed by atoms with Crippen molar-refractivity contribution in [3.05, 3.63) is 81.4 Å². The number of hydrogen-bond donors (Lipinski definition) is 0. The number of aromatic nitrogens is 4. The molecule has 2 aromatic heterocycles. The molecule has 0 amide bonds. The molecule has 0 fully saturated rings. The first-order chi connectivity index (χ1) is 14.8. The summed E-state index contributed by atoms with van der Waals surface area (Å²) in [7, 11) is 0. The number of nitrogens with zero attached hydrogens (tertiary/aromatic N) is 4. The molecule has 8 heteroatoms. The van der Waals surface area contributed by atoms with Gasteiger partial charge in [-0.3, -0.25) is 9.97 Å². The number of carbonyl (C=O) groups is 2. The van der Waals surface area contributed by atoms with Crippen LogP contribution < -0.4 is 0 Å². The fraction of sp³-hybridized carbons (Fsp3) is 0.304. The fourth-order valence-corrected chi connectivity index (χ4v) is 3.14. The van der Waals surface area contributed by atoms with Crippen LogP contribution in [0.3, 0.4) is 0 Å². The van der Waals surface area contributed by atoms with Gasteiger partial charge in [-0.2, -0.15) is 0 Å². The molecule has 160 valence electrons. The Morgan fingerprint density at radius 1 is 0.677 bits per heavy atom. The minimum atomic E-state index is -0.544. The molecule has 31 heavy (non-hydrogen) atoms. The Morgan fingerprint density at radius 2 is 1.10 bits per heavy atom.